The van der Waals surface area contributed by atoms with Gasteiger partial charge in [0.25, 0.3) is 0 Å². The van der Waals surface area contributed by atoms with E-state index in [9.17, 15) is 4.79 Å². The fourth-order valence-corrected chi connectivity index (χ4v) is 4.55. The molecule has 5 rings (SSSR count). The van der Waals surface area contributed by atoms with E-state index in [2.05, 4.69) is 17.4 Å². The number of carbonyl (C=O) groups is 1. The smallest absolute Gasteiger partial charge is 0.247 e. The van der Waals surface area contributed by atoms with E-state index in [1.54, 1.807) is 7.11 Å². The van der Waals surface area contributed by atoms with E-state index in [-0.39, 0.29) is 24.7 Å². The molecule has 0 bridgehead atoms. The lowest BCUT2D eigenvalue weighted by Gasteiger charge is -2.26. The molecular weight excluding hydrogens is 394 g/mol. The molecule has 2 aliphatic heterocycles. The van der Waals surface area contributed by atoms with Crippen LogP contribution in [0.1, 0.15) is 49.1 Å². The van der Waals surface area contributed by atoms with Crippen molar-refractivity contribution in [2.45, 2.75) is 44.1 Å². The molecule has 2 fully saturated rings. The number of nitrogens with one attached hydrogen (secondary N) is 1. The summed E-state index contributed by atoms with van der Waals surface area (Å²) in [5.41, 5.74) is 2.82. The van der Waals surface area contributed by atoms with Crippen molar-refractivity contribution in [3.8, 4) is 23.0 Å². The first-order valence-corrected chi connectivity index (χ1v) is 10.9. The van der Waals surface area contributed by atoms with Crippen molar-refractivity contribution in [1.82, 2.24) is 5.32 Å². The second-order valence-corrected chi connectivity index (χ2v) is 8.33. The summed E-state index contributed by atoms with van der Waals surface area (Å²) >= 11 is 0. The molecule has 2 aromatic carbocycles. The van der Waals surface area contributed by atoms with Crippen LogP contribution in [0.2, 0.25) is 0 Å². The number of benzene rings is 2. The molecule has 1 unspecified atom stereocenters. The summed E-state index contributed by atoms with van der Waals surface area (Å²) in [7, 11) is 1.67. The third-order valence-corrected chi connectivity index (χ3v) is 6.26. The Labute approximate surface area is 182 Å². The zero-order valence-electron chi connectivity index (χ0n) is 17.7. The summed E-state index contributed by atoms with van der Waals surface area (Å²) in [6, 6.07) is 11.9. The molecule has 2 aromatic rings. The lowest BCUT2D eigenvalue weighted by Crippen LogP contribution is -2.35. The number of hydrogen-bond donors (Lipinski definition) is 1. The monoisotopic (exact) mass is 421 g/mol. The van der Waals surface area contributed by atoms with Crippen molar-refractivity contribution >= 4 is 12.0 Å². The van der Waals surface area contributed by atoms with Gasteiger partial charge in [-0.1, -0.05) is 12.1 Å². The van der Waals surface area contributed by atoms with Crippen LogP contribution < -0.4 is 24.3 Å². The van der Waals surface area contributed by atoms with Crippen molar-refractivity contribution in [2.75, 3.05) is 20.4 Å². The summed E-state index contributed by atoms with van der Waals surface area (Å²) in [5, 5.41) is 3.04. The number of ether oxygens (including phenoxy) is 4. The van der Waals surface area contributed by atoms with Crippen LogP contribution in [0.5, 0.6) is 23.0 Å². The van der Waals surface area contributed by atoms with Crippen molar-refractivity contribution in [3.05, 3.63) is 53.1 Å². The van der Waals surface area contributed by atoms with Gasteiger partial charge in [0.1, 0.15) is 0 Å². The Hall–Kier alpha value is -3.15. The summed E-state index contributed by atoms with van der Waals surface area (Å²) in [4.78, 5) is 12.5. The highest BCUT2D eigenvalue weighted by Crippen LogP contribution is 2.37. The lowest BCUT2D eigenvalue weighted by molar-refractivity contribution is -0.118. The minimum atomic E-state index is -0.0233. The Bertz CT molecular complexity index is 1010. The summed E-state index contributed by atoms with van der Waals surface area (Å²) in [6.07, 6.45) is 7.48. The lowest BCUT2D eigenvalue weighted by atomic mass is 9.87. The van der Waals surface area contributed by atoms with E-state index in [1.165, 1.54) is 12.8 Å². The number of piperidine rings is 1. The van der Waals surface area contributed by atoms with Gasteiger partial charge in [0.15, 0.2) is 23.0 Å². The zero-order valence-corrected chi connectivity index (χ0v) is 17.7. The first kappa shape index (κ1) is 19.8. The minimum absolute atomic E-state index is 0.0233. The van der Waals surface area contributed by atoms with E-state index >= 15 is 0 Å². The fourth-order valence-electron chi connectivity index (χ4n) is 4.55. The predicted molar refractivity (Wildman–Crippen MR) is 117 cm³/mol. The van der Waals surface area contributed by atoms with Crippen LogP contribution in [0.3, 0.4) is 0 Å². The third kappa shape index (κ3) is 4.20. The van der Waals surface area contributed by atoms with Crippen molar-refractivity contribution < 1.29 is 23.7 Å². The van der Waals surface area contributed by atoms with Gasteiger partial charge in [-0.25, -0.2) is 0 Å². The minimum Gasteiger partial charge on any atom is -0.493 e. The Morgan fingerprint density at radius 3 is 2.71 bits per heavy atom. The van der Waals surface area contributed by atoms with Gasteiger partial charge < -0.3 is 24.3 Å². The maximum Gasteiger partial charge on any atom is 0.247 e. The molecule has 6 heteroatoms. The molecule has 1 saturated heterocycles. The molecule has 1 N–H and O–H groups in total. The van der Waals surface area contributed by atoms with Crippen LogP contribution in [-0.2, 0) is 4.79 Å². The third-order valence-electron chi connectivity index (χ3n) is 6.26. The van der Waals surface area contributed by atoms with Crippen LogP contribution in [-0.4, -0.2) is 32.5 Å². The summed E-state index contributed by atoms with van der Waals surface area (Å²) < 4.78 is 22.6. The molecule has 31 heavy (non-hydrogen) atoms. The number of hydrogen-bond acceptors (Lipinski definition) is 5. The van der Waals surface area contributed by atoms with E-state index in [0.29, 0.717) is 18.7 Å². The molecule has 1 saturated carbocycles. The highest BCUT2D eigenvalue weighted by Gasteiger charge is 2.26. The van der Waals surface area contributed by atoms with Crippen LogP contribution in [0.25, 0.3) is 6.08 Å². The van der Waals surface area contributed by atoms with E-state index in [0.717, 1.165) is 46.8 Å². The first-order chi connectivity index (χ1) is 15.2. The molecular formula is C25H27NO5. The van der Waals surface area contributed by atoms with Gasteiger partial charge in [-0.05, 0) is 73.6 Å². The highest BCUT2D eigenvalue weighted by molar-refractivity contribution is 5.98. The molecule has 6 nitrogen and oxygen atoms in total. The maximum atomic E-state index is 12.5. The Balaban J connectivity index is 1.37. The summed E-state index contributed by atoms with van der Waals surface area (Å²) in [6.45, 7) is 0.840. The molecule has 0 aromatic heterocycles. The van der Waals surface area contributed by atoms with Gasteiger partial charge >= 0.3 is 0 Å². The topological polar surface area (TPSA) is 66.0 Å². The number of fused-ring (bicyclic) bond motifs is 1. The van der Waals surface area contributed by atoms with Crippen LogP contribution >= 0.6 is 0 Å². The van der Waals surface area contributed by atoms with E-state index in [4.69, 9.17) is 18.9 Å². The number of amides is 1. The zero-order chi connectivity index (χ0) is 21.2. The first-order valence-electron chi connectivity index (χ1n) is 10.9. The van der Waals surface area contributed by atoms with Crippen LogP contribution in [0.15, 0.2) is 42.0 Å². The molecule has 1 aliphatic carbocycles. The average molecular weight is 421 g/mol. The van der Waals surface area contributed by atoms with Gasteiger partial charge in [-0.3, -0.25) is 4.79 Å². The Kier molecular flexibility index (Phi) is 5.45. The summed E-state index contributed by atoms with van der Waals surface area (Å²) in [5.74, 6) is 3.16. The molecule has 0 spiro atoms. The standard InChI is InChI=1S/C25H27NO5/c1-28-21-9-7-17(13-24(21)31-20-4-2-3-5-20)19-12-18(25(27)26-14-19)10-16-6-8-22-23(11-16)30-15-29-22/h6-11,13,19-20H,2-5,12,14-15H2,1H3,(H,26,27). The molecule has 2 heterocycles. The Morgan fingerprint density at radius 1 is 1.03 bits per heavy atom. The van der Waals surface area contributed by atoms with Gasteiger partial charge in [-0.15, -0.1) is 0 Å². The number of methoxy groups -OCH3 is 1. The largest absolute Gasteiger partial charge is 0.493 e. The quantitative estimate of drug-likeness (QED) is 0.724. The molecule has 1 atom stereocenters. The molecule has 162 valence electrons. The second kappa shape index (κ2) is 8.53. The van der Waals surface area contributed by atoms with Gasteiger partial charge in [0, 0.05) is 18.0 Å². The SMILES string of the molecule is COc1ccc(C2CNC(=O)C(=Cc3ccc4c(c3)OCO4)C2)cc1OC1CCCC1. The van der Waals surface area contributed by atoms with Gasteiger partial charge in [0.05, 0.1) is 13.2 Å². The highest BCUT2D eigenvalue weighted by atomic mass is 16.7. The van der Waals surface area contributed by atoms with Crippen molar-refractivity contribution in [1.29, 1.82) is 0 Å². The fraction of sp³-hybridized carbons (Fsp3) is 0.400. The Morgan fingerprint density at radius 2 is 1.87 bits per heavy atom. The average Bonchev–Trinajstić information content (AvgIpc) is 3.47. The molecule has 0 radical (unpaired) electrons. The maximum absolute atomic E-state index is 12.5. The predicted octanol–water partition coefficient (Wildman–Crippen LogP) is 4.43. The van der Waals surface area contributed by atoms with Crippen LogP contribution in [0.4, 0.5) is 0 Å². The van der Waals surface area contributed by atoms with Crippen molar-refractivity contribution in [2.24, 2.45) is 0 Å². The van der Waals surface area contributed by atoms with E-state index in [1.807, 2.05) is 30.3 Å². The van der Waals surface area contributed by atoms with Gasteiger partial charge in [-0.2, -0.15) is 0 Å². The molecule has 3 aliphatic rings. The normalized spacial score (nSPS) is 21.9. The molecule has 1 amide bonds. The van der Waals surface area contributed by atoms with E-state index < -0.39 is 0 Å². The number of carbonyl (C=O) groups excluding carboxylic acids is 1. The van der Waals surface area contributed by atoms with Gasteiger partial charge in [0.2, 0.25) is 12.7 Å². The number of rotatable bonds is 5. The van der Waals surface area contributed by atoms with Crippen LogP contribution in [0, 0.1) is 0 Å². The second-order valence-electron chi connectivity index (χ2n) is 8.33. The van der Waals surface area contributed by atoms with Crippen molar-refractivity contribution in [3.63, 3.8) is 0 Å².